The molecule has 0 aliphatic heterocycles. The van der Waals surface area contributed by atoms with Crippen LogP contribution in [-0.2, 0) is 20.8 Å². The van der Waals surface area contributed by atoms with Crippen LogP contribution in [0.2, 0.25) is 0 Å². The van der Waals surface area contributed by atoms with Crippen molar-refractivity contribution in [3.05, 3.63) is 51.8 Å². The Balaban J connectivity index is 1.96. The van der Waals surface area contributed by atoms with Gasteiger partial charge in [0.1, 0.15) is 22.8 Å². The molecule has 0 saturated heterocycles. The largest absolute Gasteiger partial charge is 0.508 e. The zero-order chi connectivity index (χ0) is 26.0. The van der Waals surface area contributed by atoms with Crippen LogP contribution in [0.4, 0.5) is 0 Å². The van der Waals surface area contributed by atoms with Gasteiger partial charge in [-0.1, -0.05) is 32.1 Å². The number of phenols is 1. The molecule has 1 saturated carbocycles. The Labute approximate surface area is 202 Å². The maximum atomic E-state index is 13.8. The summed E-state index contributed by atoms with van der Waals surface area (Å²) in [6, 6.07) is 2.05. The Hall–Kier alpha value is -3.43. The molecule has 1 aromatic carbocycles. The Morgan fingerprint density at radius 3 is 2.43 bits per heavy atom. The molecule has 1 aromatic rings. The van der Waals surface area contributed by atoms with Gasteiger partial charge in [-0.15, -0.1) is 0 Å². The lowest BCUT2D eigenvalue weighted by atomic mass is 9.57. The number of allylic oxidation sites excluding steroid dienone is 1. The fraction of sp³-hybridized carbons (Fsp3) is 0.423. The molecular formula is C26H30N2O7. The zero-order valence-corrected chi connectivity index (χ0v) is 20.1. The monoisotopic (exact) mass is 482 g/mol. The molecule has 1 fully saturated rings. The van der Waals surface area contributed by atoms with Crippen LogP contribution in [-0.4, -0.2) is 68.5 Å². The Bertz CT molecular complexity index is 1240. The maximum absolute atomic E-state index is 13.8. The van der Waals surface area contributed by atoms with Gasteiger partial charge >= 0.3 is 0 Å². The quantitative estimate of drug-likeness (QED) is 0.405. The molecule has 35 heavy (non-hydrogen) atoms. The number of aliphatic hydroxyl groups excluding tert-OH is 2. The van der Waals surface area contributed by atoms with Crippen molar-refractivity contribution in [1.82, 2.24) is 4.90 Å². The summed E-state index contributed by atoms with van der Waals surface area (Å²) in [4.78, 5) is 40.4. The summed E-state index contributed by atoms with van der Waals surface area (Å²) in [5.74, 6) is -6.27. The van der Waals surface area contributed by atoms with Crippen molar-refractivity contribution < 1.29 is 34.8 Å². The first-order chi connectivity index (χ1) is 16.3. The molecule has 0 aromatic heterocycles. The number of hydrogen-bond acceptors (Lipinski definition) is 8. The number of aromatic hydroxyl groups is 1. The van der Waals surface area contributed by atoms with Crippen molar-refractivity contribution in [3.8, 4) is 5.75 Å². The average molecular weight is 483 g/mol. The Morgan fingerprint density at radius 2 is 1.86 bits per heavy atom. The van der Waals surface area contributed by atoms with Crippen molar-refractivity contribution in [2.24, 2.45) is 23.5 Å². The van der Waals surface area contributed by atoms with E-state index in [1.165, 1.54) is 11.0 Å². The molecule has 9 heteroatoms. The molecule has 4 rings (SSSR count). The fourth-order valence-electron chi connectivity index (χ4n) is 5.72. The summed E-state index contributed by atoms with van der Waals surface area (Å²) >= 11 is 0. The van der Waals surface area contributed by atoms with Gasteiger partial charge in [0.2, 0.25) is 5.78 Å². The predicted molar refractivity (Wildman–Crippen MR) is 128 cm³/mol. The molecule has 1 amide bonds. The minimum Gasteiger partial charge on any atom is -0.508 e. The van der Waals surface area contributed by atoms with E-state index in [0.717, 1.165) is 5.56 Å². The number of amides is 1. The minimum absolute atomic E-state index is 0.0642. The van der Waals surface area contributed by atoms with Crippen LogP contribution >= 0.6 is 0 Å². The molecule has 9 nitrogen and oxygen atoms in total. The lowest BCUT2D eigenvalue weighted by Crippen LogP contribution is -2.65. The highest BCUT2D eigenvalue weighted by Gasteiger charge is 2.64. The molecule has 3 aliphatic carbocycles. The molecule has 186 valence electrons. The number of hydrogen-bond donors (Lipinski definition) is 5. The number of fused-ring (bicyclic) bond motifs is 3. The number of ketones is 2. The van der Waals surface area contributed by atoms with E-state index >= 15 is 0 Å². The fourth-order valence-corrected chi connectivity index (χ4v) is 5.72. The van der Waals surface area contributed by atoms with Gasteiger partial charge in [-0.2, -0.15) is 0 Å². The van der Waals surface area contributed by atoms with E-state index in [2.05, 4.69) is 0 Å². The number of aliphatic hydroxyl groups is 3. The highest BCUT2D eigenvalue weighted by Crippen LogP contribution is 2.53. The third kappa shape index (κ3) is 3.49. The SMILES string of the molecule is CC(C)/C=C/c1ccc(O)c2c1C[C@@H]1C[C@@H]3[C@@H](N(C)C)C(=O)C(C(N)=O)=C(O)[C@]3(O)C(=O)C1=C2O. The van der Waals surface area contributed by atoms with E-state index in [9.17, 15) is 34.8 Å². The smallest absolute Gasteiger partial charge is 0.255 e. The summed E-state index contributed by atoms with van der Waals surface area (Å²) in [5.41, 5.74) is 3.22. The topological polar surface area (TPSA) is 161 Å². The number of carbonyl (C=O) groups is 3. The third-order valence-electron chi connectivity index (χ3n) is 7.30. The summed E-state index contributed by atoms with van der Waals surface area (Å²) in [6.45, 7) is 4.03. The minimum atomic E-state index is -2.63. The highest BCUT2D eigenvalue weighted by molar-refractivity contribution is 6.24. The predicted octanol–water partition coefficient (Wildman–Crippen LogP) is 1.63. The van der Waals surface area contributed by atoms with E-state index in [1.54, 1.807) is 20.2 Å². The van der Waals surface area contributed by atoms with Gasteiger partial charge in [0.05, 0.1) is 11.6 Å². The normalized spacial score (nSPS) is 28.6. The van der Waals surface area contributed by atoms with E-state index < -0.39 is 58.0 Å². The highest BCUT2D eigenvalue weighted by atomic mass is 16.3. The molecule has 4 atom stereocenters. The number of Topliss-reactive ketones (excluding diaryl/α,β-unsaturated/α-hetero) is 2. The third-order valence-corrected chi connectivity index (χ3v) is 7.30. The average Bonchev–Trinajstić information content (AvgIpc) is 2.75. The van der Waals surface area contributed by atoms with Gasteiger partial charge in [0, 0.05) is 11.5 Å². The van der Waals surface area contributed by atoms with Crippen molar-refractivity contribution in [2.75, 3.05) is 14.1 Å². The van der Waals surface area contributed by atoms with Crippen LogP contribution in [0.25, 0.3) is 11.8 Å². The van der Waals surface area contributed by atoms with Crippen LogP contribution in [0.5, 0.6) is 5.75 Å². The number of phenolic OH excluding ortho intramolecular Hbond substituents is 1. The first-order valence-corrected chi connectivity index (χ1v) is 11.5. The number of benzene rings is 1. The number of primary amides is 1. The molecule has 0 spiro atoms. The second-order valence-electron chi connectivity index (χ2n) is 10.1. The van der Waals surface area contributed by atoms with Crippen molar-refractivity contribution in [2.45, 2.75) is 38.3 Å². The zero-order valence-electron chi connectivity index (χ0n) is 20.1. The van der Waals surface area contributed by atoms with E-state index in [1.807, 2.05) is 26.0 Å². The Morgan fingerprint density at radius 1 is 1.20 bits per heavy atom. The van der Waals surface area contributed by atoms with Gasteiger partial charge in [0.25, 0.3) is 5.91 Å². The lowest BCUT2D eigenvalue weighted by molar-refractivity contribution is -0.153. The maximum Gasteiger partial charge on any atom is 0.255 e. The first-order valence-electron chi connectivity index (χ1n) is 11.5. The van der Waals surface area contributed by atoms with Gasteiger partial charge in [-0.05, 0) is 56.0 Å². The van der Waals surface area contributed by atoms with Crippen LogP contribution in [0.1, 0.15) is 37.0 Å². The summed E-state index contributed by atoms with van der Waals surface area (Å²) < 4.78 is 0. The second-order valence-corrected chi connectivity index (χ2v) is 10.1. The summed E-state index contributed by atoms with van der Waals surface area (Å²) in [6.07, 6.45) is 4.20. The van der Waals surface area contributed by atoms with Crippen molar-refractivity contribution >= 4 is 29.3 Å². The first kappa shape index (κ1) is 24.7. The van der Waals surface area contributed by atoms with Crippen LogP contribution < -0.4 is 5.73 Å². The molecule has 3 aliphatic rings. The standard InChI is InChI=1S/C26H30N2O7/c1-11(2)5-6-12-7-8-16(29)18-14(12)9-13-10-15-20(28(3)4)22(31)19(25(27)34)24(33)26(15,35)23(32)17(13)21(18)30/h5-8,11,13,15,20,29-30,33,35H,9-10H2,1-4H3,(H2,27,34)/b6-5+/t13-,15-,20-,26-/m1/s1. The molecule has 0 radical (unpaired) electrons. The second kappa shape index (κ2) is 8.35. The van der Waals surface area contributed by atoms with E-state index in [4.69, 9.17) is 5.73 Å². The molecular weight excluding hydrogens is 452 g/mol. The van der Waals surface area contributed by atoms with Crippen molar-refractivity contribution in [1.29, 1.82) is 0 Å². The van der Waals surface area contributed by atoms with E-state index in [0.29, 0.717) is 5.56 Å². The van der Waals surface area contributed by atoms with Crippen molar-refractivity contribution in [3.63, 3.8) is 0 Å². The van der Waals surface area contributed by atoms with E-state index in [-0.39, 0.29) is 35.6 Å². The number of nitrogens with zero attached hydrogens (tertiary/aromatic N) is 1. The van der Waals surface area contributed by atoms with Crippen LogP contribution in [0.15, 0.2) is 35.1 Å². The van der Waals surface area contributed by atoms with Gasteiger partial charge in [-0.25, -0.2) is 0 Å². The number of rotatable bonds is 4. The molecule has 0 bridgehead atoms. The molecule has 0 heterocycles. The van der Waals surface area contributed by atoms with Crippen LogP contribution in [0, 0.1) is 17.8 Å². The van der Waals surface area contributed by atoms with Crippen LogP contribution in [0.3, 0.4) is 0 Å². The summed E-state index contributed by atoms with van der Waals surface area (Å²) in [7, 11) is 3.14. The number of nitrogens with two attached hydrogens (primary N) is 1. The van der Waals surface area contributed by atoms with Gasteiger partial charge in [0.15, 0.2) is 11.4 Å². The Kier molecular flexibility index (Phi) is 5.89. The summed E-state index contributed by atoms with van der Waals surface area (Å²) in [5, 5.41) is 44.2. The molecule has 0 unspecified atom stereocenters. The molecule has 6 N–H and O–H groups in total. The lowest BCUT2D eigenvalue weighted by Gasteiger charge is -2.50. The number of likely N-dealkylation sites (N-methyl/N-ethyl adjacent to an activating group) is 1. The number of carbonyl (C=O) groups excluding carboxylic acids is 3. The van der Waals surface area contributed by atoms with Gasteiger partial charge in [-0.3, -0.25) is 19.3 Å². The van der Waals surface area contributed by atoms with Gasteiger partial charge < -0.3 is 26.2 Å².